The zero-order chi connectivity index (χ0) is 52.0. The van der Waals surface area contributed by atoms with Gasteiger partial charge in [0.1, 0.15) is 24.1 Å². The number of aromatic nitrogens is 4. The van der Waals surface area contributed by atoms with Crippen molar-refractivity contribution < 1.29 is 50.3 Å². The molecule has 366 valence electrons. The van der Waals surface area contributed by atoms with E-state index in [-0.39, 0.29) is 54.0 Å². The van der Waals surface area contributed by atoms with Crippen molar-refractivity contribution in [2.75, 3.05) is 48.4 Å². The van der Waals surface area contributed by atoms with Crippen LogP contribution in [0.4, 0.5) is 11.9 Å². The predicted molar refractivity (Wildman–Crippen MR) is 263 cm³/mol. The number of carbonyl (C=O) groups is 5. The molecule has 0 aliphatic rings. The lowest BCUT2D eigenvalue weighted by atomic mass is 9.98. The maximum Gasteiger partial charge on any atom is 0.342 e. The molecule has 67 heavy (non-hydrogen) atoms. The molecule has 4 aromatic rings. The summed E-state index contributed by atoms with van der Waals surface area (Å²) in [6, 6.07) is 15.0. The zero-order valence-electron chi connectivity index (χ0n) is 41.3. The molecule has 0 unspecified atom stereocenters. The lowest BCUT2D eigenvalue weighted by Gasteiger charge is -2.20. The standard InChI is InChI=1S/C19H25N3O4S.C17H21N3O3S.C8H14O3.C2H4O.C2H2/c1-7-26-18(23)15-16(12(2)3)20-19(22(5)27(6,24)25)21-17(15)14-10-8-13(4)9-11-14;1-11(2)15-14(10-21)16(13-8-6-12(3)7-9-13)19-17(18-15)20(4)24(5,22)23;1-4-11-8(10)5-7(9)6(2)3;1-2-3;1-2/h8-12H,7H2,1-6H3;6-11H,1-5H3;6H,4-5H2,1-3H3;2H,1H3;1-2H. The molecule has 0 N–H and O–H groups in total. The summed E-state index contributed by atoms with van der Waals surface area (Å²) in [5, 5.41) is 0. The topological polar surface area (TPSA) is 230 Å². The number of ketones is 1. The van der Waals surface area contributed by atoms with Gasteiger partial charge in [0.25, 0.3) is 0 Å². The second kappa shape index (κ2) is 28.6. The average molecular weight is 967 g/mol. The second-order valence-electron chi connectivity index (χ2n) is 15.5. The molecule has 4 rings (SSSR count). The van der Waals surface area contributed by atoms with Crippen molar-refractivity contribution in [3.63, 3.8) is 0 Å². The fraction of sp³-hybridized carbons (Fsp3) is 0.438. The van der Waals surface area contributed by atoms with Crippen molar-refractivity contribution in [3.8, 4) is 35.4 Å². The third-order valence-electron chi connectivity index (χ3n) is 9.06. The van der Waals surface area contributed by atoms with Crippen LogP contribution >= 0.6 is 0 Å². The van der Waals surface area contributed by atoms with Gasteiger partial charge in [-0.15, -0.1) is 12.8 Å². The van der Waals surface area contributed by atoms with Gasteiger partial charge in [0.15, 0.2) is 6.29 Å². The number of aldehydes is 2. The number of esters is 2. The summed E-state index contributed by atoms with van der Waals surface area (Å²) in [6.45, 7) is 20.5. The number of anilines is 2. The molecule has 17 nitrogen and oxygen atoms in total. The molecule has 0 aliphatic heterocycles. The molecule has 0 amide bonds. The molecule has 19 heteroatoms. The van der Waals surface area contributed by atoms with Gasteiger partial charge in [-0.1, -0.05) is 101 Å². The van der Waals surface area contributed by atoms with Gasteiger partial charge in [0, 0.05) is 31.1 Å². The Labute approximate surface area is 397 Å². The van der Waals surface area contributed by atoms with Gasteiger partial charge >= 0.3 is 11.9 Å². The Balaban J connectivity index is 0.000000994. The number of ether oxygens (including phenoxy) is 2. The minimum atomic E-state index is -3.56. The van der Waals surface area contributed by atoms with Crippen LogP contribution in [0.2, 0.25) is 0 Å². The zero-order valence-corrected chi connectivity index (χ0v) is 42.9. The predicted octanol–water partition coefficient (Wildman–Crippen LogP) is 7.55. The fourth-order valence-corrected chi connectivity index (χ4v) is 6.06. The number of aryl methyl sites for hydroxylation is 2. The van der Waals surface area contributed by atoms with Gasteiger partial charge in [-0.05, 0) is 46.5 Å². The second-order valence-corrected chi connectivity index (χ2v) is 19.5. The summed E-state index contributed by atoms with van der Waals surface area (Å²) in [6.07, 6.45) is 11.6. The molecule has 0 atom stereocenters. The van der Waals surface area contributed by atoms with Gasteiger partial charge in [0.05, 0.1) is 54.1 Å². The van der Waals surface area contributed by atoms with E-state index >= 15 is 0 Å². The van der Waals surface area contributed by atoms with Crippen LogP contribution in [-0.2, 0) is 43.9 Å². The van der Waals surface area contributed by atoms with Crippen LogP contribution in [-0.4, -0.2) is 107 Å². The van der Waals surface area contributed by atoms with Crippen LogP contribution in [0.25, 0.3) is 22.5 Å². The van der Waals surface area contributed by atoms with Crippen molar-refractivity contribution in [2.24, 2.45) is 5.92 Å². The normalized spacial score (nSPS) is 10.6. The average Bonchev–Trinajstić information content (AvgIpc) is 3.26. The molecule has 2 heterocycles. The number of Topliss-reactive ketones (excluding diaryl/α,β-unsaturated/α-hetero) is 1. The first-order valence-electron chi connectivity index (χ1n) is 21.1. The summed E-state index contributed by atoms with van der Waals surface area (Å²) in [7, 11) is -4.27. The quantitative estimate of drug-likeness (QED) is 0.0485. The van der Waals surface area contributed by atoms with E-state index in [1.165, 1.54) is 21.0 Å². The minimum absolute atomic E-state index is 0.0184. The molecule has 2 aromatic carbocycles. The fourth-order valence-electron chi connectivity index (χ4n) is 5.31. The molecule has 2 aromatic heterocycles. The van der Waals surface area contributed by atoms with E-state index in [0.717, 1.165) is 50.4 Å². The number of carbonyl (C=O) groups excluding carboxylic acids is 5. The highest BCUT2D eigenvalue weighted by Gasteiger charge is 2.28. The lowest BCUT2D eigenvalue weighted by molar-refractivity contribution is -0.146. The van der Waals surface area contributed by atoms with Gasteiger partial charge in [-0.25, -0.2) is 50.2 Å². The third-order valence-corrected chi connectivity index (χ3v) is 11.4. The van der Waals surface area contributed by atoms with E-state index < -0.39 is 32.0 Å². The molecule has 0 fully saturated rings. The van der Waals surface area contributed by atoms with E-state index in [0.29, 0.717) is 40.5 Å². The molecular formula is C48H66N6O11S2. The van der Waals surface area contributed by atoms with Crippen molar-refractivity contribution in [2.45, 2.75) is 94.4 Å². The number of benzene rings is 2. The SMILES string of the molecule is C#C.CC=O.CCOC(=O)CC(=O)C(C)C.CCOC(=O)c1c(-c2ccc(C)cc2)nc(N(C)S(C)(=O)=O)nc1C(C)C.Cc1ccc(-c2nc(N(C)S(C)(=O)=O)nc(C(C)C)c2C=O)cc1. The van der Waals surface area contributed by atoms with E-state index in [9.17, 15) is 36.0 Å². The van der Waals surface area contributed by atoms with Crippen molar-refractivity contribution in [3.05, 3.63) is 82.2 Å². The number of hydrogen-bond acceptors (Lipinski definition) is 15. The lowest BCUT2D eigenvalue weighted by Crippen LogP contribution is -2.28. The summed E-state index contributed by atoms with van der Waals surface area (Å²) < 4.78 is 59.5. The Hall–Kier alpha value is -6.39. The highest BCUT2D eigenvalue weighted by Crippen LogP contribution is 2.32. The molecule has 0 aliphatic carbocycles. The first-order chi connectivity index (χ1) is 31.2. The minimum Gasteiger partial charge on any atom is -0.466 e. The molecular weight excluding hydrogens is 901 g/mol. The highest BCUT2D eigenvalue weighted by molar-refractivity contribution is 7.92. The summed E-state index contributed by atoms with van der Waals surface area (Å²) in [5.74, 6) is -1.21. The smallest absolute Gasteiger partial charge is 0.342 e. The first kappa shape index (κ1) is 60.6. The largest absolute Gasteiger partial charge is 0.466 e. The van der Waals surface area contributed by atoms with E-state index in [1.54, 1.807) is 27.7 Å². The highest BCUT2D eigenvalue weighted by atomic mass is 32.2. The third kappa shape index (κ3) is 19.2. The molecule has 0 spiro atoms. The van der Waals surface area contributed by atoms with Gasteiger partial charge < -0.3 is 14.3 Å². The molecule has 0 saturated carbocycles. The Morgan fingerprint density at radius 1 is 0.657 bits per heavy atom. The molecule has 0 saturated heterocycles. The maximum absolute atomic E-state index is 12.7. The van der Waals surface area contributed by atoms with Crippen LogP contribution in [0.1, 0.15) is 124 Å². The summed E-state index contributed by atoms with van der Waals surface area (Å²) in [4.78, 5) is 72.3. The number of nitrogens with zero attached hydrogens (tertiary/aromatic N) is 6. The summed E-state index contributed by atoms with van der Waals surface area (Å²) >= 11 is 0. The Kier molecular flexibility index (Phi) is 25.9. The van der Waals surface area contributed by atoms with Crippen molar-refractivity contribution >= 4 is 62.2 Å². The van der Waals surface area contributed by atoms with Crippen LogP contribution in [0.15, 0.2) is 48.5 Å². The van der Waals surface area contributed by atoms with Gasteiger partial charge in [0.2, 0.25) is 31.9 Å². The van der Waals surface area contributed by atoms with Crippen LogP contribution in [0, 0.1) is 32.6 Å². The monoisotopic (exact) mass is 966 g/mol. The van der Waals surface area contributed by atoms with Crippen LogP contribution in [0.5, 0.6) is 0 Å². The first-order valence-corrected chi connectivity index (χ1v) is 24.8. The Morgan fingerprint density at radius 2 is 1.03 bits per heavy atom. The van der Waals surface area contributed by atoms with Gasteiger partial charge in [-0.3, -0.25) is 14.4 Å². The van der Waals surface area contributed by atoms with Crippen LogP contribution < -0.4 is 8.61 Å². The number of terminal acetylenes is 1. The Morgan fingerprint density at radius 3 is 1.37 bits per heavy atom. The summed E-state index contributed by atoms with van der Waals surface area (Å²) in [5.41, 5.74) is 6.01. The molecule has 0 bridgehead atoms. The van der Waals surface area contributed by atoms with E-state index in [2.05, 4.69) is 37.5 Å². The number of rotatable bonds is 15. The van der Waals surface area contributed by atoms with E-state index in [4.69, 9.17) is 9.53 Å². The Bertz CT molecular complexity index is 2520. The van der Waals surface area contributed by atoms with Gasteiger partial charge in [-0.2, -0.15) is 0 Å². The molecule has 0 radical (unpaired) electrons. The number of hydrogen-bond donors (Lipinski definition) is 0. The number of sulfonamides is 2. The van der Waals surface area contributed by atoms with Crippen molar-refractivity contribution in [1.82, 2.24) is 19.9 Å². The van der Waals surface area contributed by atoms with Crippen molar-refractivity contribution in [1.29, 1.82) is 0 Å². The van der Waals surface area contributed by atoms with E-state index in [1.807, 2.05) is 90.1 Å². The van der Waals surface area contributed by atoms with Crippen LogP contribution in [0.3, 0.4) is 0 Å². The maximum atomic E-state index is 12.7.